The van der Waals surface area contributed by atoms with Crippen molar-refractivity contribution in [2.75, 3.05) is 42.9 Å². The molecule has 0 aliphatic rings. The van der Waals surface area contributed by atoms with Crippen LogP contribution < -0.4 is 10.2 Å². The van der Waals surface area contributed by atoms with Crippen molar-refractivity contribution in [3.05, 3.63) is 96.1 Å². The van der Waals surface area contributed by atoms with E-state index in [-0.39, 0.29) is 0 Å². The van der Waals surface area contributed by atoms with Gasteiger partial charge in [0.15, 0.2) is 0 Å². The number of hydrogen-bond acceptors (Lipinski definition) is 4. The topological polar surface area (TPSA) is 31.4 Å². The van der Waals surface area contributed by atoms with Crippen LogP contribution in [0, 0.1) is 0 Å². The van der Waals surface area contributed by atoms with Crippen LogP contribution in [-0.2, 0) is 0 Å². The Morgan fingerprint density at radius 3 is 2.15 bits per heavy atom. The summed E-state index contributed by atoms with van der Waals surface area (Å²) in [4.78, 5) is 9.37. The van der Waals surface area contributed by atoms with Crippen LogP contribution in [0.15, 0.2) is 91.1 Å². The maximum atomic E-state index is 6.13. The molecule has 0 spiro atoms. The molecule has 0 amide bonds. The summed E-state index contributed by atoms with van der Waals surface area (Å²) >= 11 is 6.13. The SMILES string of the molecule is CCCN(CCNc1ccnc2cc(Cl)ccc12)CCN(c1ccccc1)c1ccccc1. The van der Waals surface area contributed by atoms with Crippen LogP contribution in [-0.4, -0.2) is 42.6 Å². The summed E-state index contributed by atoms with van der Waals surface area (Å²) < 4.78 is 0. The van der Waals surface area contributed by atoms with E-state index in [1.165, 1.54) is 11.4 Å². The largest absolute Gasteiger partial charge is 0.383 e. The van der Waals surface area contributed by atoms with Crippen LogP contribution in [0.5, 0.6) is 0 Å². The molecule has 0 atom stereocenters. The van der Waals surface area contributed by atoms with Crippen molar-refractivity contribution in [1.29, 1.82) is 0 Å². The molecule has 4 aromatic rings. The Morgan fingerprint density at radius 1 is 0.788 bits per heavy atom. The second-order valence-electron chi connectivity index (χ2n) is 8.11. The van der Waals surface area contributed by atoms with Crippen LogP contribution in [0.1, 0.15) is 13.3 Å². The average molecular weight is 459 g/mol. The molecular formula is C28H31ClN4. The molecule has 0 aliphatic heterocycles. The fourth-order valence-corrected chi connectivity index (χ4v) is 4.31. The highest BCUT2D eigenvalue weighted by atomic mass is 35.5. The molecule has 0 saturated heterocycles. The maximum absolute atomic E-state index is 6.13. The number of rotatable bonds is 11. The van der Waals surface area contributed by atoms with Gasteiger partial charge in [0.2, 0.25) is 0 Å². The summed E-state index contributed by atoms with van der Waals surface area (Å²) in [6.45, 7) is 7.09. The van der Waals surface area contributed by atoms with Crippen molar-refractivity contribution in [1.82, 2.24) is 9.88 Å². The number of aromatic nitrogens is 1. The van der Waals surface area contributed by atoms with E-state index in [0.29, 0.717) is 5.02 Å². The Morgan fingerprint density at radius 2 is 1.48 bits per heavy atom. The number of nitrogens with one attached hydrogen (secondary N) is 1. The highest BCUT2D eigenvalue weighted by Crippen LogP contribution is 2.25. The van der Waals surface area contributed by atoms with Gasteiger partial charge in [0.1, 0.15) is 0 Å². The molecule has 4 rings (SSSR count). The van der Waals surface area contributed by atoms with Gasteiger partial charge in [-0.15, -0.1) is 0 Å². The van der Waals surface area contributed by atoms with E-state index in [2.05, 4.69) is 87.7 Å². The number of nitrogens with zero attached hydrogens (tertiary/aromatic N) is 3. The first-order valence-corrected chi connectivity index (χ1v) is 12.0. The second-order valence-corrected chi connectivity index (χ2v) is 8.55. The zero-order valence-electron chi connectivity index (χ0n) is 19.1. The first-order chi connectivity index (χ1) is 16.2. The van der Waals surface area contributed by atoms with Gasteiger partial charge < -0.3 is 10.2 Å². The van der Waals surface area contributed by atoms with Crippen molar-refractivity contribution in [3.8, 4) is 0 Å². The van der Waals surface area contributed by atoms with Gasteiger partial charge in [0.25, 0.3) is 0 Å². The molecule has 4 nitrogen and oxygen atoms in total. The highest BCUT2D eigenvalue weighted by molar-refractivity contribution is 6.31. The lowest BCUT2D eigenvalue weighted by molar-refractivity contribution is 0.292. The Balaban J connectivity index is 1.40. The summed E-state index contributed by atoms with van der Waals surface area (Å²) in [5.41, 5.74) is 4.46. The van der Waals surface area contributed by atoms with E-state index >= 15 is 0 Å². The van der Waals surface area contributed by atoms with Crippen LogP contribution >= 0.6 is 11.6 Å². The van der Waals surface area contributed by atoms with Crippen LogP contribution in [0.25, 0.3) is 10.9 Å². The molecule has 170 valence electrons. The molecule has 3 aromatic carbocycles. The molecular weight excluding hydrogens is 428 g/mol. The number of anilines is 3. The quantitative estimate of drug-likeness (QED) is 0.266. The molecule has 1 heterocycles. The summed E-state index contributed by atoms with van der Waals surface area (Å²) in [6.07, 6.45) is 2.97. The minimum absolute atomic E-state index is 0.711. The number of para-hydroxylation sites is 2. The Labute approximate surface area is 201 Å². The molecule has 0 fully saturated rings. The predicted octanol–water partition coefficient (Wildman–Crippen LogP) is 6.85. The minimum atomic E-state index is 0.711. The maximum Gasteiger partial charge on any atom is 0.0737 e. The smallest absolute Gasteiger partial charge is 0.0737 e. The standard InChI is InChI=1S/C28H31ClN4/c1-2-18-32(19-17-31-27-15-16-30-28-22-23(29)13-14-26(27)28)20-21-33(24-9-5-3-6-10-24)25-11-7-4-8-12-25/h3-16,22H,2,17-21H2,1H3,(H,30,31). The van der Waals surface area contributed by atoms with E-state index in [1.807, 2.05) is 30.5 Å². The molecule has 1 aromatic heterocycles. The third-order valence-electron chi connectivity index (χ3n) is 5.76. The van der Waals surface area contributed by atoms with Gasteiger partial charge in [-0.3, -0.25) is 9.88 Å². The lowest BCUT2D eigenvalue weighted by Crippen LogP contribution is -2.36. The summed E-state index contributed by atoms with van der Waals surface area (Å²) in [6, 6.07) is 29.2. The van der Waals surface area contributed by atoms with E-state index in [0.717, 1.165) is 55.7 Å². The fraction of sp³-hybridized carbons (Fsp3) is 0.250. The normalized spacial score (nSPS) is 11.1. The first kappa shape index (κ1) is 23.1. The Bertz CT molecular complexity index is 1090. The third-order valence-corrected chi connectivity index (χ3v) is 6.00. The zero-order chi connectivity index (χ0) is 22.9. The molecule has 0 radical (unpaired) electrons. The van der Waals surface area contributed by atoms with Gasteiger partial charge >= 0.3 is 0 Å². The van der Waals surface area contributed by atoms with Gasteiger partial charge in [-0.1, -0.05) is 54.9 Å². The first-order valence-electron chi connectivity index (χ1n) is 11.6. The molecule has 33 heavy (non-hydrogen) atoms. The van der Waals surface area contributed by atoms with Crippen molar-refractivity contribution < 1.29 is 0 Å². The minimum Gasteiger partial charge on any atom is -0.383 e. The summed E-state index contributed by atoms with van der Waals surface area (Å²) in [5, 5.41) is 5.42. The van der Waals surface area contributed by atoms with E-state index in [1.54, 1.807) is 0 Å². The van der Waals surface area contributed by atoms with Crippen molar-refractivity contribution in [2.24, 2.45) is 0 Å². The van der Waals surface area contributed by atoms with Gasteiger partial charge in [-0.25, -0.2) is 0 Å². The Kier molecular flexibility index (Phi) is 8.18. The average Bonchev–Trinajstić information content (AvgIpc) is 2.85. The van der Waals surface area contributed by atoms with Gasteiger partial charge in [-0.05, 0) is 61.5 Å². The molecule has 0 bridgehead atoms. The van der Waals surface area contributed by atoms with Crippen LogP contribution in [0.4, 0.5) is 17.1 Å². The van der Waals surface area contributed by atoms with Gasteiger partial charge in [0, 0.05) is 59.8 Å². The summed E-state index contributed by atoms with van der Waals surface area (Å²) in [7, 11) is 0. The predicted molar refractivity (Wildman–Crippen MR) is 142 cm³/mol. The number of fused-ring (bicyclic) bond motifs is 1. The summed E-state index contributed by atoms with van der Waals surface area (Å²) in [5.74, 6) is 0. The van der Waals surface area contributed by atoms with Crippen molar-refractivity contribution in [3.63, 3.8) is 0 Å². The Hall–Kier alpha value is -3.08. The molecule has 5 heteroatoms. The number of hydrogen-bond donors (Lipinski definition) is 1. The van der Waals surface area contributed by atoms with Crippen LogP contribution in [0.2, 0.25) is 5.02 Å². The van der Waals surface area contributed by atoms with Crippen molar-refractivity contribution in [2.45, 2.75) is 13.3 Å². The fourth-order valence-electron chi connectivity index (χ4n) is 4.14. The highest BCUT2D eigenvalue weighted by Gasteiger charge is 2.12. The number of pyridine rings is 1. The molecule has 0 saturated carbocycles. The lowest BCUT2D eigenvalue weighted by atomic mass is 10.2. The lowest BCUT2D eigenvalue weighted by Gasteiger charge is -2.29. The number of benzene rings is 3. The molecule has 1 N–H and O–H groups in total. The van der Waals surface area contributed by atoms with Gasteiger partial charge in [-0.2, -0.15) is 0 Å². The third kappa shape index (κ3) is 6.25. The molecule has 0 aliphatic carbocycles. The van der Waals surface area contributed by atoms with E-state index in [9.17, 15) is 0 Å². The second kappa shape index (κ2) is 11.7. The van der Waals surface area contributed by atoms with Gasteiger partial charge in [0.05, 0.1) is 5.52 Å². The monoisotopic (exact) mass is 458 g/mol. The number of halogens is 1. The van der Waals surface area contributed by atoms with E-state index in [4.69, 9.17) is 11.6 Å². The van der Waals surface area contributed by atoms with Crippen LogP contribution in [0.3, 0.4) is 0 Å². The van der Waals surface area contributed by atoms with Crippen molar-refractivity contribution >= 4 is 39.6 Å². The van der Waals surface area contributed by atoms with E-state index < -0.39 is 0 Å². The molecule has 0 unspecified atom stereocenters. The zero-order valence-corrected chi connectivity index (χ0v) is 19.9.